The largest absolute Gasteiger partial charge is 0.508 e. The molecule has 130 valence electrons. The molecule has 0 radical (unpaired) electrons. The fourth-order valence-corrected chi connectivity index (χ4v) is 3.95. The van der Waals surface area contributed by atoms with E-state index in [0.29, 0.717) is 16.6 Å². The Labute approximate surface area is 164 Å². The Kier molecular flexibility index (Phi) is 4.72. The number of anilines is 1. The molecule has 4 aromatic rings. The number of fused-ring (bicyclic) bond motifs is 1. The Morgan fingerprint density at radius 2 is 1.73 bits per heavy atom. The molecule has 0 amide bonds. The summed E-state index contributed by atoms with van der Waals surface area (Å²) in [5, 5.41) is 14.9. The molecule has 0 unspecified atom stereocenters. The van der Waals surface area contributed by atoms with Gasteiger partial charge in [-0.3, -0.25) is 0 Å². The number of aromatic hydroxyl groups is 1. The highest BCUT2D eigenvalue weighted by atomic mass is 35.5. The fraction of sp³-hybridized carbons (Fsp3) is 0.0500. The van der Waals surface area contributed by atoms with Gasteiger partial charge in [0.05, 0.1) is 20.3 Å². The van der Waals surface area contributed by atoms with E-state index < -0.39 is 0 Å². The monoisotopic (exact) mass is 400 g/mol. The lowest BCUT2D eigenvalue weighted by molar-refractivity contribution is 0.475. The lowest BCUT2D eigenvalue weighted by atomic mass is 10.2. The Hall–Kier alpha value is -2.27. The van der Waals surface area contributed by atoms with Crippen LogP contribution < -0.4 is 5.32 Å². The zero-order valence-electron chi connectivity index (χ0n) is 13.5. The van der Waals surface area contributed by atoms with Crippen molar-refractivity contribution in [2.45, 2.75) is 6.54 Å². The van der Waals surface area contributed by atoms with Crippen LogP contribution in [-0.4, -0.2) is 10.1 Å². The number of nitrogens with one attached hydrogen (secondary N) is 1. The quantitative estimate of drug-likeness (QED) is 0.406. The molecule has 0 aliphatic rings. The van der Waals surface area contributed by atoms with E-state index >= 15 is 0 Å². The maximum Gasteiger partial charge on any atom is 0.124 e. The number of phenols is 1. The zero-order chi connectivity index (χ0) is 18.1. The zero-order valence-corrected chi connectivity index (χ0v) is 15.9. The van der Waals surface area contributed by atoms with Crippen LogP contribution in [0.2, 0.25) is 10.0 Å². The molecule has 0 spiro atoms. The molecule has 0 bridgehead atoms. The minimum absolute atomic E-state index is 0.253. The van der Waals surface area contributed by atoms with Gasteiger partial charge < -0.3 is 10.4 Å². The van der Waals surface area contributed by atoms with Gasteiger partial charge in [0.2, 0.25) is 0 Å². The Bertz CT molecular complexity index is 1080. The molecular weight excluding hydrogens is 387 g/mol. The predicted octanol–water partition coefficient (Wildman–Crippen LogP) is 6.59. The number of nitrogens with zero attached hydrogens (tertiary/aromatic N) is 1. The van der Waals surface area contributed by atoms with E-state index in [9.17, 15) is 5.11 Å². The number of rotatable bonds is 4. The van der Waals surface area contributed by atoms with Gasteiger partial charge in [-0.1, -0.05) is 29.3 Å². The second-order valence-corrected chi connectivity index (χ2v) is 7.70. The van der Waals surface area contributed by atoms with Crippen molar-refractivity contribution >= 4 is 50.4 Å². The van der Waals surface area contributed by atoms with Crippen LogP contribution in [0.25, 0.3) is 20.8 Å². The summed E-state index contributed by atoms with van der Waals surface area (Å²) in [6.07, 6.45) is 0. The molecule has 0 atom stereocenters. The summed E-state index contributed by atoms with van der Waals surface area (Å²) in [4.78, 5) is 4.67. The summed E-state index contributed by atoms with van der Waals surface area (Å²) >= 11 is 13.6. The summed E-state index contributed by atoms with van der Waals surface area (Å²) in [5.41, 5.74) is 4.03. The van der Waals surface area contributed by atoms with Crippen molar-refractivity contribution < 1.29 is 5.11 Å². The second-order valence-electron chi connectivity index (χ2n) is 5.85. The second kappa shape index (κ2) is 7.16. The standard InChI is InChI=1S/C20H14Cl2N2OS/c21-16-7-1-12(9-17(16)22)11-23-14-4-8-18-19(10-14)26-20(24-18)13-2-5-15(25)6-3-13/h1-10,23,25H,11H2. The van der Waals surface area contributed by atoms with Gasteiger partial charge in [-0.2, -0.15) is 0 Å². The minimum Gasteiger partial charge on any atom is -0.508 e. The first kappa shape index (κ1) is 17.2. The maximum atomic E-state index is 9.42. The molecule has 26 heavy (non-hydrogen) atoms. The van der Waals surface area contributed by atoms with Crippen molar-refractivity contribution in [3.8, 4) is 16.3 Å². The number of hydrogen-bond donors (Lipinski definition) is 2. The molecule has 1 heterocycles. The summed E-state index contributed by atoms with van der Waals surface area (Å²) in [6, 6.07) is 18.8. The molecule has 0 saturated heterocycles. The molecule has 0 aliphatic heterocycles. The van der Waals surface area contributed by atoms with Crippen molar-refractivity contribution in [2.75, 3.05) is 5.32 Å². The highest BCUT2D eigenvalue weighted by molar-refractivity contribution is 7.21. The molecular formula is C20H14Cl2N2OS. The van der Waals surface area contributed by atoms with Gasteiger partial charge in [0.15, 0.2) is 0 Å². The van der Waals surface area contributed by atoms with Gasteiger partial charge in [-0.25, -0.2) is 4.98 Å². The van der Waals surface area contributed by atoms with Crippen molar-refractivity contribution in [3.05, 3.63) is 76.3 Å². The Balaban J connectivity index is 1.55. The molecule has 1 aromatic heterocycles. The molecule has 3 aromatic carbocycles. The smallest absolute Gasteiger partial charge is 0.124 e. The molecule has 2 N–H and O–H groups in total. The van der Waals surface area contributed by atoms with Gasteiger partial charge >= 0.3 is 0 Å². The van der Waals surface area contributed by atoms with E-state index in [1.165, 1.54) is 0 Å². The van der Waals surface area contributed by atoms with Gasteiger partial charge in [0.1, 0.15) is 10.8 Å². The summed E-state index contributed by atoms with van der Waals surface area (Å²) in [6.45, 7) is 0.659. The van der Waals surface area contributed by atoms with Crippen LogP contribution in [0.5, 0.6) is 5.75 Å². The van der Waals surface area contributed by atoms with E-state index in [2.05, 4.69) is 16.4 Å². The number of benzene rings is 3. The SMILES string of the molecule is Oc1ccc(-c2nc3ccc(NCc4ccc(Cl)c(Cl)c4)cc3s2)cc1. The highest BCUT2D eigenvalue weighted by Gasteiger charge is 2.07. The number of aromatic nitrogens is 1. The van der Waals surface area contributed by atoms with Gasteiger partial charge in [-0.15, -0.1) is 11.3 Å². The third-order valence-corrected chi connectivity index (χ3v) is 5.79. The van der Waals surface area contributed by atoms with Crippen molar-refractivity contribution in [1.29, 1.82) is 0 Å². The number of phenolic OH excluding ortho intramolecular Hbond substituents is 1. The van der Waals surface area contributed by atoms with E-state index in [4.69, 9.17) is 23.2 Å². The van der Waals surface area contributed by atoms with E-state index in [-0.39, 0.29) is 5.75 Å². The van der Waals surface area contributed by atoms with Crippen LogP contribution in [0.1, 0.15) is 5.56 Å². The van der Waals surface area contributed by atoms with Gasteiger partial charge in [0.25, 0.3) is 0 Å². The lowest BCUT2D eigenvalue weighted by Gasteiger charge is -2.07. The first-order chi connectivity index (χ1) is 12.6. The average molecular weight is 401 g/mol. The normalized spacial score (nSPS) is 11.0. The van der Waals surface area contributed by atoms with Crippen molar-refractivity contribution in [2.24, 2.45) is 0 Å². The van der Waals surface area contributed by atoms with Crippen LogP contribution in [0.15, 0.2) is 60.7 Å². The third kappa shape index (κ3) is 3.63. The van der Waals surface area contributed by atoms with Crippen LogP contribution in [0.4, 0.5) is 5.69 Å². The van der Waals surface area contributed by atoms with Crippen molar-refractivity contribution in [3.63, 3.8) is 0 Å². The number of thiazole rings is 1. The van der Waals surface area contributed by atoms with E-state index in [1.54, 1.807) is 29.5 Å². The van der Waals surface area contributed by atoms with E-state index in [1.807, 2.05) is 36.4 Å². The molecule has 3 nitrogen and oxygen atoms in total. The summed E-state index contributed by atoms with van der Waals surface area (Å²) in [7, 11) is 0. The number of halogens is 2. The minimum atomic E-state index is 0.253. The number of hydrogen-bond acceptors (Lipinski definition) is 4. The van der Waals surface area contributed by atoms with Gasteiger partial charge in [0, 0.05) is 17.8 Å². The molecule has 0 fully saturated rings. The molecule has 4 rings (SSSR count). The van der Waals surface area contributed by atoms with Crippen LogP contribution in [0, 0.1) is 0 Å². The first-order valence-electron chi connectivity index (χ1n) is 7.96. The Morgan fingerprint density at radius 3 is 2.50 bits per heavy atom. The third-order valence-electron chi connectivity index (χ3n) is 3.98. The van der Waals surface area contributed by atoms with Crippen LogP contribution >= 0.6 is 34.5 Å². The lowest BCUT2D eigenvalue weighted by Crippen LogP contribution is -1.98. The average Bonchev–Trinajstić information content (AvgIpc) is 3.06. The van der Waals surface area contributed by atoms with Crippen LogP contribution in [0.3, 0.4) is 0 Å². The first-order valence-corrected chi connectivity index (χ1v) is 9.53. The van der Waals surface area contributed by atoms with Crippen molar-refractivity contribution in [1.82, 2.24) is 4.98 Å². The van der Waals surface area contributed by atoms with Gasteiger partial charge in [-0.05, 0) is 60.2 Å². The van der Waals surface area contributed by atoms with Crippen LogP contribution in [-0.2, 0) is 6.54 Å². The molecule has 0 saturated carbocycles. The maximum absolute atomic E-state index is 9.42. The fourth-order valence-electron chi connectivity index (χ4n) is 2.62. The predicted molar refractivity (Wildman–Crippen MR) is 111 cm³/mol. The Morgan fingerprint density at radius 1 is 0.923 bits per heavy atom. The summed E-state index contributed by atoms with van der Waals surface area (Å²) < 4.78 is 1.10. The highest BCUT2D eigenvalue weighted by Crippen LogP contribution is 2.32. The topological polar surface area (TPSA) is 45.2 Å². The van der Waals surface area contributed by atoms with E-state index in [0.717, 1.165) is 32.0 Å². The molecule has 6 heteroatoms. The molecule has 0 aliphatic carbocycles. The summed E-state index contributed by atoms with van der Waals surface area (Å²) in [5.74, 6) is 0.253.